The maximum Gasteiger partial charge on any atom is 0.315 e. The molecule has 3 rings (SSSR count). The molecule has 0 aliphatic carbocycles. The number of aliphatic hydroxyl groups excluding tert-OH is 1. The zero-order valence-corrected chi connectivity index (χ0v) is 16.4. The van der Waals surface area contributed by atoms with Crippen LogP contribution in [0.4, 0.5) is 13.2 Å². The average molecular weight is 429 g/mol. The van der Waals surface area contributed by atoms with Gasteiger partial charge in [0, 0.05) is 19.3 Å². The lowest BCUT2D eigenvalue weighted by molar-refractivity contribution is -0.133. The smallest absolute Gasteiger partial charge is 0.315 e. The fraction of sp³-hybridized carbons (Fsp3) is 0.474. The highest BCUT2D eigenvalue weighted by atomic mass is 32.1. The quantitative estimate of drug-likeness (QED) is 0.674. The Bertz CT molecular complexity index is 797. The Morgan fingerprint density at radius 2 is 1.97 bits per heavy atom. The summed E-state index contributed by atoms with van der Waals surface area (Å²) in [5.41, 5.74) is 1.20. The van der Waals surface area contributed by atoms with Gasteiger partial charge in [0.25, 0.3) is 5.91 Å². The largest absolute Gasteiger partial charge is 0.386 e. The van der Waals surface area contributed by atoms with Gasteiger partial charge in [-0.15, -0.1) is 11.3 Å². The number of halogens is 3. The molecule has 0 bridgehead atoms. The first-order valence-corrected chi connectivity index (χ1v) is 9.97. The lowest BCUT2D eigenvalue weighted by Crippen LogP contribution is -2.43. The molecule has 1 aliphatic heterocycles. The Labute approximate surface area is 170 Å². The Hall–Kier alpha value is -2.01. The van der Waals surface area contributed by atoms with Crippen LogP contribution in [0.25, 0.3) is 10.4 Å². The van der Waals surface area contributed by atoms with Gasteiger partial charge in [-0.05, 0) is 11.1 Å². The first-order chi connectivity index (χ1) is 14.0. The summed E-state index contributed by atoms with van der Waals surface area (Å²) in [5, 5.41) is 13.0. The number of amides is 1. The molecule has 2 atom stereocenters. The molecule has 0 radical (unpaired) electrons. The van der Waals surface area contributed by atoms with Crippen molar-refractivity contribution in [3.63, 3.8) is 0 Å². The number of rotatable bonds is 8. The van der Waals surface area contributed by atoms with E-state index in [1.807, 2.05) is 5.32 Å². The maximum absolute atomic E-state index is 13.1. The minimum atomic E-state index is -3.27. The molecule has 2 N–H and O–H groups in total. The molecule has 1 fully saturated rings. The minimum Gasteiger partial charge on any atom is -0.386 e. The highest BCUT2D eigenvalue weighted by molar-refractivity contribution is 7.15. The summed E-state index contributed by atoms with van der Waals surface area (Å²) in [5.74, 6) is -1.61. The van der Waals surface area contributed by atoms with Crippen molar-refractivity contribution in [3.05, 3.63) is 41.0 Å². The SMILES string of the molecule is O=C(N[C@H](CF)[C@H](O)c1ccc(-c2cnc(CN3CCOCC3)s2)cc1)C(F)F. The Kier molecular flexibility index (Phi) is 7.59. The summed E-state index contributed by atoms with van der Waals surface area (Å²) in [6.07, 6.45) is -2.93. The molecule has 0 spiro atoms. The van der Waals surface area contributed by atoms with Gasteiger partial charge in [0.05, 0.1) is 30.7 Å². The number of nitrogens with zero attached hydrogens (tertiary/aromatic N) is 2. The number of alkyl halides is 3. The minimum absolute atomic E-state index is 0.323. The number of benzene rings is 1. The van der Waals surface area contributed by atoms with E-state index in [2.05, 4.69) is 9.88 Å². The third kappa shape index (κ3) is 5.75. The fourth-order valence-corrected chi connectivity index (χ4v) is 3.96. The summed E-state index contributed by atoms with van der Waals surface area (Å²) in [6.45, 7) is 2.78. The van der Waals surface area contributed by atoms with Crippen LogP contribution < -0.4 is 5.32 Å². The molecule has 0 unspecified atom stereocenters. The molecule has 2 aromatic rings. The molecule has 1 aromatic heterocycles. The second-order valence-electron chi connectivity index (χ2n) is 6.64. The van der Waals surface area contributed by atoms with Crippen LogP contribution in [-0.4, -0.2) is 66.3 Å². The van der Waals surface area contributed by atoms with E-state index >= 15 is 0 Å². The first-order valence-electron chi connectivity index (χ1n) is 9.15. The van der Waals surface area contributed by atoms with Gasteiger partial charge >= 0.3 is 6.43 Å². The maximum atomic E-state index is 13.1. The zero-order valence-electron chi connectivity index (χ0n) is 15.6. The van der Waals surface area contributed by atoms with Gasteiger partial charge in [0.1, 0.15) is 17.8 Å². The summed E-state index contributed by atoms with van der Waals surface area (Å²) >= 11 is 1.56. The van der Waals surface area contributed by atoms with Gasteiger partial charge in [0.15, 0.2) is 0 Å². The van der Waals surface area contributed by atoms with E-state index in [0.717, 1.165) is 48.3 Å². The van der Waals surface area contributed by atoms with Crippen molar-refractivity contribution in [2.24, 2.45) is 0 Å². The van der Waals surface area contributed by atoms with Gasteiger partial charge in [-0.3, -0.25) is 9.69 Å². The molecule has 29 heavy (non-hydrogen) atoms. The molecule has 10 heteroatoms. The highest BCUT2D eigenvalue weighted by Gasteiger charge is 2.26. The van der Waals surface area contributed by atoms with Gasteiger partial charge in [-0.1, -0.05) is 24.3 Å². The Morgan fingerprint density at radius 1 is 1.28 bits per heavy atom. The van der Waals surface area contributed by atoms with Gasteiger partial charge < -0.3 is 15.2 Å². The van der Waals surface area contributed by atoms with Crippen molar-refractivity contribution in [2.75, 3.05) is 33.0 Å². The monoisotopic (exact) mass is 429 g/mol. The number of nitrogens with one attached hydrogen (secondary N) is 1. The van der Waals surface area contributed by atoms with E-state index in [9.17, 15) is 23.1 Å². The van der Waals surface area contributed by atoms with Crippen LogP contribution in [0, 0.1) is 0 Å². The summed E-state index contributed by atoms with van der Waals surface area (Å²) in [4.78, 5) is 18.8. The van der Waals surface area contributed by atoms with E-state index in [-0.39, 0.29) is 0 Å². The molecule has 1 saturated heterocycles. The molecule has 158 valence electrons. The Balaban J connectivity index is 1.64. The van der Waals surface area contributed by atoms with Crippen molar-refractivity contribution < 1.29 is 27.8 Å². The number of morpholine rings is 1. The van der Waals surface area contributed by atoms with Crippen LogP contribution in [0.2, 0.25) is 0 Å². The molecule has 6 nitrogen and oxygen atoms in total. The number of thiazole rings is 1. The van der Waals surface area contributed by atoms with Crippen molar-refractivity contribution >= 4 is 17.2 Å². The second kappa shape index (κ2) is 10.1. The molecule has 1 aliphatic rings. The lowest BCUT2D eigenvalue weighted by Gasteiger charge is -2.25. The number of carbonyl (C=O) groups is 1. The second-order valence-corrected chi connectivity index (χ2v) is 7.76. The van der Waals surface area contributed by atoms with E-state index < -0.39 is 31.2 Å². The van der Waals surface area contributed by atoms with Crippen LogP contribution in [-0.2, 0) is 16.1 Å². The summed E-state index contributed by atoms with van der Waals surface area (Å²) in [7, 11) is 0. The third-order valence-corrected chi connectivity index (χ3v) is 5.66. The van der Waals surface area contributed by atoms with Crippen LogP contribution in [0.3, 0.4) is 0 Å². The zero-order chi connectivity index (χ0) is 20.8. The summed E-state index contributed by atoms with van der Waals surface area (Å²) in [6, 6.07) is 5.21. The Morgan fingerprint density at radius 3 is 2.59 bits per heavy atom. The van der Waals surface area contributed by atoms with Crippen molar-refractivity contribution in [3.8, 4) is 10.4 Å². The molecule has 1 amide bonds. The van der Waals surface area contributed by atoms with Gasteiger partial charge in [-0.25, -0.2) is 9.37 Å². The van der Waals surface area contributed by atoms with E-state index in [1.165, 1.54) is 0 Å². The van der Waals surface area contributed by atoms with Gasteiger partial charge in [0.2, 0.25) is 0 Å². The third-order valence-electron chi connectivity index (χ3n) is 4.63. The summed E-state index contributed by atoms with van der Waals surface area (Å²) < 4.78 is 43.2. The van der Waals surface area contributed by atoms with E-state index in [0.29, 0.717) is 5.56 Å². The molecular weight excluding hydrogens is 407 g/mol. The number of ether oxygens (including phenoxy) is 1. The first kappa shape index (κ1) is 21.7. The van der Waals surface area contributed by atoms with Crippen LogP contribution in [0.15, 0.2) is 30.5 Å². The topological polar surface area (TPSA) is 74.7 Å². The van der Waals surface area contributed by atoms with Crippen LogP contribution in [0.5, 0.6) is 0 Å². The van der Waals surface area contributed by atoms with Crippen molar-refractivity contribution in [2.45, 2.75) is 25.1 Å². The van der Waals surface area contributed by atoms with Crippen molar-refractivity contribution in [1.29, 1.82) is 0 Å². The number of hydrogen-bond donors (Lipinski definition) is 2. The standard InChI is InChI=1S/C19H22F3N3O3S/c20-9-14(24-19(27)18(21)22)17(26)13-3-1-12(2-4-13)15-10-23-16(29-15)11-25-5-7-28-8-6-25/h1-4,10,14,17-18,26H,5-9,11H2,(H,24,27)/t14-,17-/m1/s1. The molecule has 1 aromatic carbocycles. The molecule has 2 heterocycles. The normalized spacial score (nSPS) is 17.3. The number of aromatic nitrogens is 1. The molecular formula is C19H22F3N3O3S. The van der Waals surface area contributed by atoms with E-state index in [1.54, 1.807) is 41.8 Å². The molecule has 0 saturated carbocycles. The number of hydrogen-bond acceptors (Lipinski definition) is 6. The van der Waals surface area contributed by atoms with E-state index in [4.69, 9.17) is 4.74 Å². The predicted molar refractivity (Wildman–Crippen MR) is 103 cm³/mol. The number of carbonyl (C=O) groups excluding carboxylic acids is 1. The van der Waals surface area contributed by atoms with Gasteiger partial charge in [-0.2, -0.15) is 8.78 Å². The van der Waals surface area contributed by atoms with Crippen LogP contribution >= 0.6 is 11.3 Å². The number of aliphatic hydroxyl groups is 1. The fourth-order valence-electron chi connectivity index (χ4n) is 2.99. The van der Waals surface area contributed by atoms with Crippen molar-refractivity contribution in [1.82, 2.24) is 15.2 Å². The average Bonchev–Trinajstić information content (AvgIpc) is 3.20. The van der Waals surface area contributed by atoms with Crippen LogP contribution in [0.1, 0.15) is 16.7 Å². The highest BCUT2D eigenvalue weighted by Crippen LogP contribution is 2.29. The predicted octanol–water partition coefficient (Wildman–Crippen LogP) is 2.40. The lowest BCUT2D eigenvalue weighted by atomic mass is 10.0.